The average molecular weight is 335 g/mol. The Morgan fingerprint density at radius 2 is 2.09 bits per heavy atom. The Kier molecular flexibility index (Phi) is 3.81. The molecule has 0 aliphatic carbocycles. The lowest BCUT2D eigenvalue weighted by molar-refractivity contribution is 0.0697. The van der Waals surface area contributed by atoms with Crippen LogP contribution in [0.1, 0.15) is 27.2 Å². The smallest absolute Gasteiger partial charge is 0.337 e. The molecule has 0 aliphatic rings. The van der Waals surface area contributed by atoms with Crippen molar-refractivity contribution in [2.45, 2.75) is 13.3 Å². The number of hydrogen-bond acceptors (Lipinski definition) is 2. The van der Waals surface area contributed by atoms with Crippen LogP contribution in [0.15, 0.2) is 30.5 Å². The third-order valence-electron chi connectivity index (χ3n) is 3.52. The number of aromatic amines is 1. The minimum absolute atomic E-state index is 0.0628. The quantitative estimate of drug-likeness (QED) is 0.742. The predicted octanol–water partition coefficient (Wildman–Crippen LogP) is 4.47. The van der Waals surface area contributed by atoms with Crippen molar-refractivity contribution in [3.63, 3.8) is 0 Å². The molecule has 0 fully saturated rings. The van der Waals surface area contributed by atoms with Gasteiger partial charge in [-0.1, -0.05) is 23.2 Å². The maximum atomic E-state index is 11.3. The van der Waals surface area contributed by atoms with Gasteiger partial charge in [-0.15, -0.1) is 0 Å². The Hall–Kier alpha value is -2.04. The number of fused-ring (bicyclic) bond motifs is 1. The first-order valence-corrected chi connectivity index (χ1v) is 7.36. The molecule has 0 amide bonds. The van der Waals surface area contributed by atoms with Crippen LogP contribution in [-0.2, 0) is 6.42 Å². The summed E-state index contributed by atoms with van der Waals surface area (Å²) in [4.78, 5) is 18.7. The first kappa shape index (κ1) is 14.9. The third-order valence-corrected chi connectivity index (χ3v) is 4.48. The molecule has 2 N–H and O–H groups in total. The summed E-state index contributed by atoms with van der Waals surface area (Å²) < 4.78 is 0. The monoisotopic (exact) mass is 334 g/mol. The normalized spacial score (nSPS) is 11.0. The molecule has 22 heavy (non-hydrogen) atoms. The number of carboxylic acids is 1. The number of rotatable bonds is 3. The molecule has 0 saturated heterocycles. The lowest BCUT2D eigenvalue weighted by atomic mass is 10.0. The number of nitrogens with zero attached hydrogens (tertiary/aromatic N) is 1. The van der Waals surface area contributed by atoms with Crippen LogP contribution in [0.5, 0.6) is 0 Å². The zero-order valence-corrected chi connectivity index (χ0v) is 13.2. The van der Waals surface area contributed by atoms with Crippen LogP contribution in [0.3, 0.4) is 0 Å². The van der Waals surface area contributed by atoms with Crippen LogP contribution >= 0.6 is 23.2 Å². The Labute approximate surface area is 136 Å². The molecule has 4 nitrogen and oxygen atoms in total. The molecule has 6 heteroatoms. The third kappa shape index (κ3) is 2.56. The fraction of sp³-hybridized carbons (Fsp3) is 0.125. The minimum Gasteiger partial charge on any atom is -0.478 e. The maximum absolute atomic E-state index is 11.3. The number of nitrogens with one attached hydrogen (secondary N) is 1. The van der Waals surface area contributed by atoms with Crippen LogP contribution < -0.4 is 0 Å². The highest BCUT2D eigenvalue weighted by Crippen LogP contribution is 2.33. The number of carboxylic acid groups (broad SMARTS) is 1. The van der Waals surface area contributed by atoms with E-state index in [1.54, 1.807) is 13.1 Å². The van der Waals surface area contributed by atoms with Crippen LogP contribution in [0.25, 0.3) is 11.0 Å². The van der Waals surface area contributed by atoms with Crippen molar-refractivity contribution in [3.05, 3.63) is 62.9 Å². The molecule has 0 saturated carbocycles. The molecule has 0 unspecified atom stereocenters. The van der Waals surface area contributed by atoms with Crippen molar-refractivity contribution in [1.82, 2.24) is 9.97 Å². The van der Waals surface area contributed by atoms with E-state index in [-0.39, 0.29) is 10.6 Å². The number of H-pyrrole nitrogens is 1. The molecule has 0 spiro atoms. The summed E-state index contributed by atoms with van der Waals surface area (Å²) in [5.74, 6) is -1.07. The molecule has 2 heterocycles. The number of carbonyl (C=O) groups is 1. The summed E-state index contributed by atoms with van der Waals surface area (Å²) in [6.07, 6.45) is 2.12. The van der Waals surface area contributed by atoms with Gasteiger partial charge in [0.2, 0.25) is 0 Å². The molecule has 0 radical (unpaired) electrons. The number of pyridine rings is 1. The highest BCUT2D eigenvalue weighted by atomic mass is 35.5. The summed E-state index contributed by atoms with van der Waals surface area (Å²) in [5.41, 5.74) is 3.00. The maximum Gasteiger partial charge on any atom is 0.337 e. The van der Waals surface area contributed by atoms with E-state index >= 15 is 0 Å². The van der Waals surface area contributed by atoms with Crippen molar-refractivity contribution in [2.75, 3.05) is 0 Å². The van der Waals surface area contributed by atoms with E-state index in [0.717, 1.165) is 16.7 Å². The number of benzene rings is 1. The van der Waals surface area contributed by atoms with Gasteiger partial charge in [-0.25, -0.2) is 9.78 Å². The zero-order chi connectivity index (χ0) is 15.9. The van der Waals surface area contributed by atoms with E-state index in [2.05, 4.69) is 9.97 Å². The molecule has 112 valence electrons. The molecule has 2 aromatic heterocycles. The van der Waals surface area contributed by atoms with Crippen molar-refractivity contribution >= 4 is 40.2 Å². The lowest BCUT2D eigenvalue weighted by Gasteiger charge is -2.11. The SMILES string of the molecule is Cc1cc(C(=O)O)c(Cl)c(Cc2cc3cccnc3[nH]2)c1Cl. The van der Waals surface area contributed by atoms with Crippen molar-refractivity contribution < 1.29 is 9.90 Å². The van der Waals surface area contributed by atoms with Crippen LogP contribution in [0.4, 0.5) is 0 Å². The van der Waals surface area contributed by atoms with Gasteiger partial charge >= 0.3 is 5.97 Å². The van der Waals surface area contributed by atoms with Crippen LogP contribution in [-0.4, -0.2) is 21.0 Å². The summed E-state index contributed by atoms with van der Waals surface area (Å²) in [6.45, 7) is 1.77. The summed E-state index contributed by atoms with van der Waals surface area (Å²) in [7, 11) is 0. The zero-order valence-electron chi connectivity index (χ0n) is 11.7. The second-order valence-corrected chi connectivity index (χ2v) is 5.82. The molecule has 3 rings (SSSR count). The number of halogens is 2. The standard InChI is InChI=1S/C16H12Cl2N2O2/c1-8-5-12(16(21)22)14(18)11(13(8)17)7-10-6-9-3-2-4-19-15(9)20-10/h2-6H,7H2,1H3,(H,19,20)(H,21,22). The molecule has 3 aromatic rings. The fourth-order valence-corrected chi connectivity index (χ4v) is 3.01. The van der Waals surface area contributed by atoms with Crippen molar-refractivity contribution in [2.24, 2.45) is 0 Å². The Bertz CT molecular complexity index is 854. The van der Waals surface area contributed by atoms with E-state index < -0.39 is 5.97 Å². The largest absolute Gasteiger partial charge is 0.478 e. The second-order valence-electron chi connectivity index (χ2n) is 5.07. The van der Waals surface area contributed by atoms with E-state index in [9.17, 15) is 9.90 Å². The van der Waals surface area contributed by atoms with Gasteiger partial charge in [-0.05, 0) is 42.3 Å². The minimum atomic E-state index is -1.07. The van der Waals surface area contributed by atoms with Gasteiger partial charge in [-0.3, -0.25) is 0 Å². The number of aromatic carboxylic acids is 1. The average Bonchev–Trinajstić information content (AvgIpc) is 2.89. The van der Waals surface area contributed by atoms with E-state index in [1.807, 2.05) is 18.2 Å². The lowest BCUT2D eigenvalue weighted by Crippen LogP contribution is -2.03. The second kappa shape index (κ2) is 5.63. The number of aromatic nitrogens is 2. The van der Waals surface area contributed by atoms with Gasteiger partial charge < -0.3 is 10.1 Å². The molecule has 1 aromatic carbocycles. The topological polar surface area (TPSA) is 66.0 Å². The van der Waals surface area contributed by atoms with E-state index in [4.69, 9.17) is 23.2 Å². The molecule has 0 aliphatic heterocycles. The van der Waals surface area contributed by atoms with Crippen molar-refractivity contribution in [1.29, 1.82) is 0 Å². The van der Waals surface area contributed by atoms with E-state index in [1.165, 1.54) is 6.07 Å². The summed E-state index contributed by atoms with van der Waals surface area (Å²) in [5, 5.41) is 10.9. The van der Waals surface area contributed by atoms with Gasteiger partial charge in [0.1, 0.15) is 5.65 Å². The highest BCUT2D eigenvalue weighted by Gasteiger charge is 2.18. The molecule has 0 atom stereocenters. The van der Waals surface area contributed by atoms with Gasteiger partial charge in [0.25, 0.3) is 0 Å². The Balaban J connectivity index is 2.09. The van der Waals surface area contributed by atoms with Crippen molar-refractivity contribution in [3.8, 4) is 0 Å². The van der Waals surface area contributed by atoms with Crippen LogP contribution in [0, 0.1) is 6.92 Å². The first-order valence-electron chi connectivity index (χ1n) is 6.60. The Morgan fingerprint density at radius 3 is 2.77 bits per heavy atom. The Morgan fingerprint density at radius 1 is 1.32 bits per heavy atom. The molecular formula is C16H12Cl2N2O2. The predicted molar refractivity (Wildman–Crippen MR) is 87.1 cm³/mol. The summed E-state index contributed by atoms with van der Waals surface area (Å²) >= 11 is 12.6. The molecule has 0 bridgehead atoms. The number of aryl methyl sites for hydroxylation is 1. The van der Waals surface area contributed by atoms with Crippen LogP contribution in [0.2, 0.25) is 10.0 Å². The van der Waals surface area contributed by atoms with Gasteiger partial charge in [0, 0.05) is 28.7 Å². The highest BCUT2D eigenvalue weighted by molar-refractivity contribution is 6.38. The molecular weight excluding hydrogens is 323 g/mol. The summed E-state index contributed by atoms with van der Waals surface area (Å²) in [6, 6.07) is 7.25. The van der Waals surface area contributed by atoms with Gasteiger partial charge in [0.15, 0.2) is 0 Å². The fourth-order valence-electron chi connectivity index (χ4n) is 2.45. The number of hydrogen-bond donors (Lipinski definition) is 2. The van der Waals surface area contributed by atoms with Gasteiger partial charge in [0.05, 0.1) is 10.6 Å². The first-order chi connectivity index (χ1) is 10.5. The van der Waals surface area contributed by atoms with E-state index in [0.29, 0.717) is 22.6 Å². The van der Waals surface area contributed by atoms with Gasteiger partial charge in [-0.2, -0.15) is 0 Å².